The lowest BCUT2D eigenvalue weighted by Gasteiger charge is -2.11. The Morgan fingerprint density at radius 2 is 2.00 bits per heavy atom. The Morgan fingerprint density at radius 1 is 1.29 bits per heavy atom. The molecule has 0 aromatic carbocycles. The number of nitrogens with one attached hydrogen (secondary N) is 2. The summed E-state index contributed by atoms with van der Waals surface area (Å²) in [5.74, 6) is 1.41. The Balaban J connectivity index is 2.06. The number of H-pyrrole nitrogens is 1. The van der Waals surface area contributed by atoms with Crippen LogP contribution >= 0.6 is 0 Å². The number of hydrogen-bond acceptors (Lipinski definition) is 5. The summed E-state index contributed by atoms with van der Waals surface area (Å²) in [7, 11) is -0.460. The number of sulfonamides is 1. The summed E-state index contributed by atoms with van der Waals surface area (Å²) in [6.07, 6.45) is 1.34. The van der Waals surface area contributed by atoms with Crippen LogP contribution in [0.1, 0.15) is 17.2 Å². The van der Waals surface area contributed by atoms with Crippen molar-refractivity contribution in [1.82, 2.24) is 19.3 Å². The van der Waals surface area contributed by atoms with E-state index in [2.05, 4.69) is 20.3 Å². The van der Waals surface area contributed by atoms with Gasteiger partial charge in [0, 0.05) is 26.0 Å². The number of aromatic amines is 1. The van der Waals surface area contributed by atoms with Crippen LogP contribution in [0.2, 0.25) is 0 Å². The van der Waals surface area contributed by atoms with Crippen LogP contribution in [0.5, 0.6) is 0 Å². The van der Waals surface area contributed by atoms with Crippen molar-refractivity contribution < 1.29 is 8.42 Å². The van der Waals surface area contributed by atoms with E-state index in [9.17, 15) is 8.42 Å². The van der Waals surface area contributed by atoms with Gasteiger partial charge in [-0.1, -0.05) is 0 Å². The van der Waals surface area contributed by atoms with E-state index in [1.807, 2.05) is 13.8 Å². The smallest absolute Gasteiger partial charge is 0.244 e. The summed E-state index contributed by atoms with van der Waals surface area (Å²) in [6.45, 7) is 4.40. The van der Waals surface area contributed by atoms with Crippen LogP contribution in [0.3, 0.4) is 0 Å². The molecular weight excluding hydrogens is 290 g/mol. The van der Waals surface area contributed by atoms with Crippen molar-refractivity contribution in [1.29, 1.82) is 0 Å². The molecule has 0 radical (unpaired) electrons. The second-order valence-electron chi connectivity index (χ2n) is 4.91. The lowest BCUT2D eigenvalue weighted by atomic mass is 10.4. The number of hydrogen-bond donors (Lipinski definition) is 2. The molecule has 0 saturated carbocycles. The summed E-state index contributed by atoms with van der Waals surface area (Å²) >= 11 is 0. The highest BCUT2D eigenvalue weighted by molar-refractivity contribution is 7.89. The third kappa shape index (κ3) is 3.40. The minimum Gasteiger partial charge on any atom is -0.363 e. The Labute approximate surface area is 124 Å². The topological polar surface area (TPSA) is 91.0 Å². The monoisotopic (exact) mass is 309 g/mol. The van der Waals surface area contributed by atoms with Crippen molar-refractivity contribution >= 4 is 15.8 Å². The molecule has 2 aromatic heterocycles. The molecule has 0 aliphatic heterocycles. The molecule has 0 aliphatic carbocycles. The van der Waals surface area contributed by atoms with Crippen molar-refractivity contribution in [2.75, 3.05) is 19.4 Å². The molecule has 0 bridgehead atoms. The predicted molar refractivity (Wildman–Crippen MR) is 80.5 cm³/mol. The zero-order valence-electron chi connectivity index (χ0n) is 12.5. The molecule has 8 heteroatoms. The van der Waals surface area contributed by atoms with E-state index in [1.165, 1.54) is 26.4 Å². The van der Waals surface area contributed by atoms with E-state index in [0.717, 1.165) is 21.5 Å². The maximum absolute atomic E-state index is 11.9. The van der Waals surface area contributed by atoms with Gasteiger partial charge >= 0.3 is 0 Å². The van der Waals surface area contributed by atoms with Gasteiger partial charge in [0.25, 0.3) is 0 Å². The van der Waals surface area contributed by atoms with E-state index >= 15 is 0 Å². The normalized spacial score (nSPS) is 11.9. The van der Waals surface area contributed by atoms with E-state index < -0.39 is 10.0 Å². The molecule has 0 aliphatic rings. The van der Waals surface area contributed by atoms with E-state index in [1.54, 1.807) is 6.07 Å². The van der Waals surface area contributed by atoms with Crippen LogP contribution in [0.25, 0.3) is 0 Å². The molecule has 2 heterocycles. The van der Waals surface area contributed by atoms with Gasteiger partial charge in [0.05, 0.1) is 12.2 Å². The number of nitrogens with zero attached hydrogens (tertiary/aromatic N) is 3. The third-order valence-corrected chi connectivity index (χ3v) is 4.93. The van der Waals surface area contributed by atoms with Gasteiger partial charge in [0.2, 0.25) is 10.0 Å². The molecule has 7 nitrogen and oxygen atoms in total. The van der Waals surface area contributed by atoms with Gasteiger partial charge in [0.15, 0.2) is 0 Å². The van der Waals surface area contributed by atoms with E-state index in [0.29, 0.717) is 12.4 Å². The van der Waals surface area contributed by atoms with Gasteiger partial charge in [0.1, 0.15) is 16.5 Å². The zero-order chi connectivity index (χ0) is 15.6. The van der Waals surface area contributed by atoms with Gasteiger partial charge in [-0.3, -0.25) is 0 Å². The molecular formula is C13H19N5O2S. The van der Waals surface area contributed by atoms with Crippen molar-refractivity contribution in [3.05, 3.63) is 35.5 Å². The van der Waals surface area contributed by atoms with Crippen molar-refractivity contribution in [2.24, 2.45) is 0 Å². The molecule has 0 unspecified atom stereocenters. The summed E-state index contributed by atoms with van der Waals surface area (Å²) in [5.41, 5.74) is 2.00. The summed E-state index contributed by atoms with van der Waals surface area (Å²) in [6, 6.07) is 3.17. The Morgan fingerprint density at radius 3 is 2.48 bits per heavy atom. The lowest BCUT2D eigenvalue weighted by molar-refractivity contribution is 0.520. The first-order chi connectivity index (χ1) is 9.80. The average Bonchev–Trinajstić information content (AvgIpc) is 2.76. The number of aryl methyl sites for hydroxylation is 2. The highest BCUT2D eigenvalue weighted by Crippen LogP contribution is 2.14. The van der Waals surface area contributed by atoms with Crippen molar-refractivity contribution in [3.8, 4) is 0 Å². The molecule has 114 valence electrons. The zero-order valence-corrected chi connectivity index (χ0v) is 13.3. The highest BCUT2D eigenvalue weighted by atomic mass is 32.2. The summed E-state index contributed by atoms with van der Waals surface area (Å²) in [5, 5.41) is 3.10. The fraction of sp³-hybridized carbons (Fsp3) is 0.385. The first kappa shape index (κ1) is 15.5. The minimum atomic E-state index is -3.44. The molecule has 0 atom stereocenters. The molecule has 0 saturated heterocycles. The van der Waals surface area contributed by atoms with Crippen molar-refractivity contribution in [2.45, 2.75) is 25.3 Å². The van der Waals surface area contributed by atoms with Crippen LogP contribution < -0.4 is 5.32 Å². The molecule has 2 aromatic rings. The van der Waals surface area contributed by atoms with Gasteiger partial charge in [-0.25, -0.2) is 22.7 Å². The van der Waals surface area contributed by atoms with E-state index in [-0.39, 0.29) is 4.90 Å². The van der Waals surface area contributed by atoms with Gasteiger partial charge in [-0.2, -0.15) is 0 Å². The highest BCUT2D eigenvalue weighted by Gasteiger charge is 2.17. The fourth-order valence-electron chi connectivity index (χ4n) is 1.73. The van der Waals surface area contributed by atoms with E-state index in [4.69, 9.17) is 0 Å². The quantitative estimate of drug-likeness (QED) is 0.868. The SMILES string of the molecule is Cc1nc(CNc2ccc(S(=O)(=O)N(C)C)cn2)[nH]c1C. The third-order valence-electron chi connectivity index (χ3n) is 3.13. The fourth-order valence-corrected chi connectivity index (χ4v) is 2.57. The van der Waals surface area contributed by atoms with Gasteiger partial charge < -0.3 is 10.3 Å². The van der Waals surface area contributed by atoms with Crippen LogP contribution in [-0.4, -0.2) is 41.8 Å². The second-order valence-corrected chi connectivity index (χ2v) is 7.07. The number of aromatic nitrogens is 3. The largest absolute Gasteiger partial charge is 0.363 e. The Kier molecular flexibility index (Phi) is 4.29. The Hall–Kier alpha value is -1.93. The predicted octanol–water partition coefficient (Wildman–Crippen LogP) is 1.28. The van der Waals surface area contributed by atoms with Gasteiger partial charge in [-0.15, -0.1) is 0 Å². The van der Waals surface area contributed by atoms with Crippen LogP contribution in [0.4, 0.5) is 5.82 Å². The molecule has 2 N–H and O–H groups in total. The summed E-state index contributed by atoms with van der Waals surface area (Å²) in [4.78, 5) is 11.8. The molecule has 2 rings (SSSR count). The number of imidazole rings is 1. The number of rotatable bonds is 5. The van der Waals surface area contributed by atoms with Crippen LogP contribution in [0.15, 0.2) is 23.2 Å². The Bertz CT molecular complexity index is 700. The maximum Gasteiger partial charge on any atom is 0.244 e. The molecule has 21 heavy (non-hydrogen) atoms. The molecule has 0 fully saturated rings. The molecule has 0 amide bonds. The lowest BCUT2D eigenvalue weighted by Crippen LogP contribution is -2.22. The average molecular weight is 309 g/mol. The van der Waals surface area contributed by atoms with Crippen LogP contribution in [-0.2, 0) is 16.6 Å². The number of pyridine rings is 1. The second kappa shape index (κ2) is 5.82. The summed E-state index contributed by atoms with van der Waals surface area (Å²) < 4.78 is 25.0. The first-order valence-corrected chi connectivity index (χ1v) is 7.89. The maximum atomic E-state index is 11.9. The minimum absolute atomic E-state index is 0.169. The first-order valence-electron chi connectivity index (χ1n) is 6.45. The number of anilines is 1. The molecule has 0 spiro atoms. The van der Waals surface area contributed by atoms with Crippen LogP contribution in [0, 0.1) is 13.8 Å². The van der Waals surface area contributed by atoms with Crippen molar-refractivity contribution in [3.63, 3.8) is 0 Å². The standard InChI is InChI=1S/C13H19N5O2S/c1-9-10(2)17-13(16-9)8-15-12-6-5-11(7-14-12)21(19,20)18(3)4/h5-7H,8H2,1-4H3,(H,14,15)(H,16,17). The van der Waals surface area contributed by atoms with Gasteiger partial charge in [-0.05, 0) is 26.0 Å².